The lowest BCUT2D eigenvalue weighted by molar-refractivity contribution is 0.0165. The van der Waals surface area contributed by atoms with Gasteiger partial charge in [0.15, 0.2) is 0 Å². The fraction of sp³-hybridized carbons (Fsp3) is 0.714. The molecule has 1 saturated heterocycles. The topological polar surface area (TPSA) is 43.6 Å². The minimum absolute atomic E-state index is 0.335. The van der Waals surface area contributed by atoms with Crippen LogP contribution < -0.4 is 5.32 Å². The zero-order valence-corrected chi connectivity index (χ0v) is 11.1. The fourth-order valence-electron chi connectivity index (χ4n) is 2.12. The summed E-state index contributed by atoms with van der Waals surface area (Å²) in [6.07, 6.45) is 7.18. The van der Waals surface area contributed by atoms with Crippen molar-refractivity contribution in [2.45, 2.75) is 38.3 Å². The van der Waals surface area contributed by atoms with Crippen LogP contribution in [0, 0.1) is 0 Å². The smallest absolute Gasteiger partial charge is 0.0950 e. The van der Waals surface area contributed by atoms with E-state index in [1.807, 2.05) is 6.07 Å². The van der Waals surface area contributed by atoms with Crippen molar-refractivity contribution in [2.24, 2.45) is 0 Å². The monoisotopic (exact) mass is 253 g/mol. The first kappa shape index (κ1) is 13.6. The van der Waals surface area contributed by atoms with Crippen molar-refractivity contribution in [1.82, 2.24) is 5.32 Å². The Labute approximate surface area is 109 Å². The zero-order chi connectivity index (χ0) is 12.6. The minimum atomic E-state index is 0.335. The largest absolute Gasteiger partial charge is 0.472 e. The van der Waals surface area contributed by atoms with Crippen molar-refractivity contribution in [3.63, 3.8) is 0 Å². The first-order valence-electron chi connectivity index (χ1n) is 6.81. The predicted octanol–water partition coefficient (Wildman–Crippen LogP) is 2.52. The van der Waals surface area contributed by atoms with Gasteiger partial charge in [0, 0.05) is 24.8 Å². The Kier molecular flexibility index (Phi) is 5.71. The minimum Gasteiger partial charge on any atom is -0.472 e. The number of rotatable bonds is 8. The molecule has 1 aromatic heterocycles. The Hall–Kier alpha value is -0.840. The van der Waals surface area contributed by atoms with Crippen LogP contribution >= 0.6 is 0 Å². The Morgan fingerprint density at radius 2 is 2.50 bits per heavy atom. The van der Waals surface area contributed by atoms with Crippen LogP contribution in [0.15, 0.2) is 23.0 Å². The van der Waals surface area contributed by atoms with Crippen molar-refractivity contribution < 1.29 is 13.9 Å². The lowest BCUT2D eigenvalue weighted by atomic mass is 10.2. The Morgan fingerprint density at radius 3 is 3.22 bits per heavy atom. The molecule has 2 heterocycles. The van der Waals surface area contributed by atoms with Crippen molar-refractivity contribution in [3.8, 4) is 0 Å². The fourth-order valence-corrected chi connectivity index (χ4v) is 2.12. The molecule has 2 rings (SSSR count). The third-order valence-corrected chi connectivity index (χ3v) is 3.29. The van der Waals surface area contributed by atoms with E-state index in [0.717, 1.165) is 39.2 Å². The summed E-state index contributed by atoms with van der Waals surface area (Å²) < 4.78 is 16.2. The Bertz CT molecular complexity index is 307. The van der Waals surface area contributed by atoms with Crippen LogP contribution in [0.4, 0.5) is 0 Å². The second-order valence-electron chi connectivity index (χ2n) is 4.80. The van der Waals surface area contributed by atoms with E-state index >= 15 is 0 Å². The van der Waals surface area contributed by atoms with Crippen LogP contribution in [-0.2, 0) is 9.47 Å². The number of ether oxygens (including phenoxy) is 2. The Morgan fingerprint density at radius 1 is 1.56 bits per heavy atom. The molecule has 1 aliphatic heterocycles. The van der Waals surface area contributed by atoms with Gasteiger partial charge in [0.2, 0.25) is 0 Å². The van der Waals surface area contributed by atoms with Gasteiger partial charge < -0.3 is 19.2 Å². The van der Waals surface area contributed by atoms with E-state index in [1.165, 1.54) is 12.0 Å². The van der Waals surface area contributed by atoms with E-state index in [4.69, 9.17) is 13.9 Å². The highest BCUT2D eigenvalue weighted by Gasteiger charge is 2.14. The normalized spacial score (nSPS) is 21.3. The summed E-state index contributed by atoms with van der Waals surface area (Å²) in [5.41, 5.74) is 1.19. The third kappa shape index (κ3) is 4.44. The second-order valence-corrected chi connectivity index (χ2v) is 4.80. The van der Waals surface area contributed by atoms with Crippen molar-refractivity contribution in [2.75, 3.05) is 26.4 Å². The van der Waals surface area contributed by atoms with Crippen molar-refractivity contribution in [1.29, 1.82) is 0 Å². The molecule has 2 atom stereocenters. The molecule has 0 aromatic carbocycles. The average Bonchev–Trinajstić information content (AvgIpc) is 3.05. The molecule has 0 radical (unpaired) electrons. The number of hydrogen-bond acceptors (Lipinski definition) is 4. The summed E-state index contributed by atoms with van der Waals surface area (Å²) in [6, 6.07) is 2.33. The molecular formula is C14H23NO3. The first-order valence-corrected chi connectivity index (χ1v) is 6.81. The van der Waals surface area contributed by atoms with Gasteiger partial charge >= 0.3 is 0 Å². The van der Waals surface area contributed by atoms with Crippen molar-refractivity contribution >= 4 is 0 Å². The molecule has 1 fully saturated rings. The van der Waals surface area contributed by atoms with Crippen LogP contribution in [0.1, 0.15) is 37.8 Å². The molecule has 1 aromatic rings. The van der Waals surface area contributed by atoms with Gasteiger partial charge in [0.1, 0.15) is 0 Å². The Balaban J connectivity index is 1.46. The van der Waals surface area contributed by atoms with Gasteiger partial charge in [-0.05, 0) is 38.8 Å². The first-order chi connectivity index (χ1) is 8.86. The summed E-state index contributed by atoms with van der Waals surface area (Å²) in [7, 11) is 0. The molecule has 0 bridgehead atoms. The van der Waals surface area contributed by atoms with Crippen molar-refractivity contribution in [3.05, 3.63) is 24.2 Å². The van der Waals surface area contributed by atoms with E-state index in [1.54, 1.807) is 12.5 Å². The molecule has 0 spiro atoms. The maximum Gasteiger partial charge on any atom is 0.0950 e. The van der Waals surface area contributed by atoms with Crippen LogP contribution in [0.25, 0.3) is 0 Å². The van der Waals surface area contributed by atoms with E-state index in [-0.39, 0.29) is 0 Å². The molecule has 4 heteroatoms. The molecule has 4 nitrogen and oxygen atoms in total. The molecule has 2 unspecified atom stereocenters. The molecule has 102 valence electrons. The van der Waals surface area contributed by atoms with Crippen LogP contribution in [0.2, 0.25) is 0 Å². The van der Waals surface area contributed by atoms with Gasteiger partial charge in [0.05, 0.1) is 25.2 Å². The molecule has 18 heavy (non-hydrogen) atoms. The van der Waals surface area contributed by atoms with Gasteiger partial charge in [-0.25, -0.2) is 0 Å². The summed E-state index contributed by atoms with van der Waals surface area (Å²) in [5.74, 6) is 0. The zero-order valence-electron chi connectivity index (χ0n) is 11.1. The molecule has 1 aliphatic rings. The highest BCUT2D eigenvalue weighted by Crippen LogP contribution is 2.13. The molecule has 0 amide bonds. The molecular weight excluding hydrogens is 230 g/mol. The highest BCUT2D eigenvalue weighted by molar-refractivity contribution is 5.09. The summed E-state index contributed by atoms with van der Waals surface area (Å²) >= 11 is 0. The number of nitrogens with one attached hydrogen (secondary N) is 1. The van der Waals surface area contributed by atoms with E-state index < -0.39 is 0 Å². The van der Waals surface area contributed by atoms with E-state index in [0.29, 0.717) is 12.1 Å². The van der Waals surface area contributed by atoms with Gasteiger partial charge in [-0.15, -0.1) is 0 Å². The lowest BCUT2D eigenvalue weighted by Crippen LogP contribution is -2.21. The second kappa shape index (κ2) is 7.56. The standard InChI is InChI=1S/C14H23NO3/c1-12(13-5-9-17-10-13)15-6-3-7-16-11-14-4-2-8-18-14/h5,9-10,12,14-15H,2-4,6-8,11H2,1H3. The highest BCUT2D eigenvalue weighted by atomic mass is 16.5. The van der Waals surface area contributed by atoms with E-state index in [2.05, 4.69) is 12.2 Å². The summed E-state index contributed by atoms with van der Waals surface area (Å²) in [6.45, 7) is 5.54. The molecule has 1 N–H and O–H groups in total. The average molecular weight is 253 g/mol. The van der Waals surface area contributed by atoms with Gasteiger partial charge in [0.25, 0.3) is 0 Å². The third-order valence-electron chi connectivity index (χ3n) is 3.29. The quantitative estimate of drug-likeness (QED) is 0.723. The maximum atomic E-state index is 5.61. The number of hydrogen-bond donors (Lipinski definition) is 1. The van der Waals surface area contributed by atoms with Crippen LogP contribution in [0.3, 0.4) is 0 Å². The predicted molar refractivity (Wildman–Crippen MR) is 69.5 cm³/mol. The maximum absolute atomic E-state index is 5.61. The van der Waals surface area contributed by atoms with Gasteiger partial charge in [-0.2, -0.15) is 0 Å². The number of furan rings is 1. The van der Waals surface area contributed by atoms with E-state index in [9.17, 15) is 0 Å². The summed E-state index contributed by atoms with van der Waals surface area (Å²) in [5, 5.41) is 3.44. The van der Waals surface area contributed by atoms with Gasteiger partial charge in [-0.1, -0.05) is 0 Å². The lowest BCUT2D eigenvalue weighted by Gasteiger charge is -2.13. The summed E-state index contributed by atoms with van der Waals surface area (Å²) in [4.78, 5) is 0. The molecule has 0 aliphatic carbocycles. The SMILES string of the molecule is CC(NCCCOCC1CCCO1)c1ccoc1. The van der Waals surface area contributed by atoms with Crippen LogP contribution in [-0.4, -0.2) is 32.5 Å². The van der Waals surface area contributed by atoms with Crippen LogP contribution in [0.5, 0.6) is 0 Å². The van der Waals surface area contributed by atoms with Gasteiger partial charge in [-0.3, -0.25) is 0 Å². The molecule has 0 saturated carbocycles.